The van der Waals surface area contributed by atoms with Crippen LogP contribution in [0.4, 0.5) is 10.5 Å². The number of amides is 1. The van der Waals surface area contributed by atoms with Gasteiger partial charge in [-0.25, -0.2) is 13.2 Å². The molecule has 11 heteroatoms. The Kier molecular flexibility index (Phi) is 7.79. The molecule has 2 rings (SSSR count). The maximum Gasteiger partial charge on any atom is 0.408 e. The van der Waals surface area contributed by atoms with Crippen LogP contribution >= 0.6 is 15.9 Å². The molecular formula is C20H24BrN3O6S. The fraction of sp³-hybridized carbons (Fsp3) is 0.350. The van der Waals surface area contributed by atoms with E-state index in [1.807, 2.05) is 0 Å². The van der Waals surface area contributed by atoms with Crippen molar-refractivity contribution in [2.24, 2.45) is 0 Å². The zero-order valence-corrected chi connectivity index (χ0v) is 19.9. The lowest BCUT2D eigenvalue weighted by Crippen LogP contribution is -2.41. The number of benzene rings is 2. The van der Waals surface area contributed by atoms with Gasteiger partial charge in [0.05, 0.1) is 11.0 Å². The van der Waals surface area contributed by atoms with Gasteiger partial charge in [-0.1, -0.05) is 40.2 Å². The summed E-state index contributed by atoms with van der Waals surface area (Å²) in [6, 6.07) is 11.3. The highest BCUT2D eigenvalue weighted by Crippen LogP contribution is 2.27. The largest absolute Gasteiger partial charge is 0.444 e. The van der Waals surface area contributed by atoms with Crippen molar-refractivity contribution in [3.05, 3.63) is 68.7 Å². The highest BCUT2D eigenvalue weighted by Gasteiger charge is 2.31. The van der Waals surface area contributed by atoms with Gasteiger partial charge in [-0.2, -0.15) is 4.31 Å². The minimum absolute atomic E-state index is 0.171. The third kappa shape index (κ3) is 6.74. The molecule has 0 fully saturated rings. The molecule has 2 aromatic carbocycles. The number of nitro groups is 1. The second-order valence-corrected chi connectivity index (χ2v) is 10.7. The fourth-order valence-corrected chi connectivity index (χ4v) is 4.33. The first kappa shape index (κ1) is 24.8. The molecular weight excluding hydrogens is 490 g/mol. The van der Waals surface area contributed by atoms with E-state index in [0.29, 0.717) is 5.56 Å². The Labute approximate surface area is 189 Å². The number of carbonyl (C=O) groups is 1. The van der Waals surface area contributed by atoms with Gasteiger partial charge in [0, 0.05) is 24.1 Å². The topological polar surface area (TPSA) is 119 Å². The van der Waals surface area contributed by atoms with E-state index in [1.54, 1.807) is 45.0 Å². The maximum absolute atomic E-state index is 13.1. The number of ether oxygens (including phenoxy) is 1. The first-order valence-corrected chi connectivity index (χ1v) is 11.5. The summed E-state index contributed by atoms with van der Waals surface area (Å²) in [4.78, 5) is 22.5. The van der Waals surface area contributed by atoms with E-state index in [-0.39, 0.29) is 6.54 Å². The SMILES string of the molecule is CN(C[C@H](NC(=O)OC(C)(C)C)c1ccc(Br)cc1)S(=O)(=O)c1ccccc1[N+](=O)[O-]. The van der Waals surface area contributed by atoms with Gasteiger partial charge in [0.25, 0.3) is 5.69 Å². The van der Waals surface area contributed by atoms with Crippen LogP contribution in [0.1, 0.15) is 32.4 Å². The Balaban J connectivity index is 2.36. The van der Waals surface area contributed by atoms with Gasteiger partial charge in [0.2, 0.25) is 10.0 Å². The highest BCUT2D eigenvalue weighted by atomic mass is 79.9. The Hall–Kier alpha value is -2.50. The minimum atomic E-state index is -4.21. The van der Waals surface area contributed by atoms with E-state index >= 15 is 0 Å². The van der Waals surface area contributed by atoms with E-state index in [2.05, 4.69) is 21.2 Å². The van der Waals surface area contributed by atoms with Crippen LogP contribution in [0.3, 0.4) is 0 Å². The number of hydrogen-bond donors (Lipinski definition) is 1. The van der Waals surface area contributed by atoms with Crippen molar-refractivity contribution in [3.63, 3.8) is 0 Å². The second-order valence-electron chi connectivity index (χ2n) is 7.76. The number of halogens is 1. The number of sulfonamides is 1. The molecule has 0 aromatic heterocycles. The molecule has 0 bridgehead atoms. The Morgan fingerprint density at radius 1 is 1.19 bits per heavy atom. The van der Waals surface area contributed by atoms with Gasteiger partial charge in [0.1, 0.15) is 5.60 Å². The average molecular weight is 514 g/mol. The standard InChI is InChI=1S/C20H24BrN3O6S/c1-20(2,3)30-19(25)22-16(14-9-11-15(21)12-10-14)13-23(4)31(28,29)18-8-6-5-7-17(18)24(26)27/h5-12,16H,13H2,1-4H3,(H,22,25)/t16-/m0/s1. The zero-order valence-electron chi connectivity index (χ0n) is 17.5. The van der Waals surface area contributed by atoms with Crippen LogP contribution in [0, 0.1) is 10.1 Å². The number of carbonyl (C=O) groups excluding carboxylic acids is 1. The molecule has 1 N–H and O–H groups in total. The van der Waals surface area contributed by atoms with Crippen LogP contribution in [0.5, 0.6) is 0 Å². The number of nitro benzene ring substituents is 1. The van der Waals surface area contributed by atoms with Gasteiger partial charge < -0.3 is 10.1 Å². The number of likely N-dealkylation sites (N-methyl/N-ethyl adjacent to an activating group) is 1. The van der Waals surface area contributed by atoms with E-state index in [0.717, 1.165) is 14.8 Å². The van der Waals surface area contributed by atoms with Gasteiger partial charge in [-0.15, -0.1) is 0 Å². The molecule has 0 aliphatic rings. The van der Waals surface area contributed by atoms with Crippen molar-refractivity contribution in [3.8, 4) is 0 Å². The first-order chi connectivity index (χ1) is 14.3. The van der Waals surface area contributed by atoms with Gasteiger partial charge in [-0.05, 0) is 44.5 Å². The van der Waals surface area contributed by atoms with E-state index < -0.39 is 43.3 Å². The van der Waals surface area contributed by atoms with Crippen molar-refractivity contribution in [2.45, 2.75) is 37.3 Å². The number of para-hydroxylation sites is 1. The summed E-state index contributed by atoms with van der Waals surface area (Å²) < 4.78 is 33.2. The van der Waals surface area contributed by atoms with Crippen LogP contribution in [0.15, 0.2) is 57.9 Å². The highest BCUT2D eigenvalue weighted by molar-refractivity contribution is 9.10. The molecule has 0 saturated carbocycles. The van der Waals surface area contributed by atoms with Crippen molar-refractivity contribution < 1.29 is 22.9 Å². The molecule has 0 unspecified atom stereocenters. The molecule has 1 amide bonds. The van der Waals surface area contributed by atoms with Crippen LogP contribution < -0.4 is 5.32 Å². The third-order valence-electron chi connectivity index (χ3n) is 4.15. The lowest BCUT2D eigenvalue weighted by molar-refractivity contribution is -0.387. The Bertz CT molecular complexity index is 1050. The van der Waals surface area contributed by atoms with Gasteiger partial charge >= 0.3 is 6.09 Å². The lowest BCUT2D eigenvalue weighted by Gasteiger charge is -2.27. The zero-order chi connectivity index (χ0) is 23.4. The molecule has 168 valence electrons. The van der Waals surface area contributed by atoms with Crippen LogP contribution in [-0.4, -0.2) is 42.9 Å². The van der Waals surface area contributed by atoms with Crippen LogP contribution in [0.2, 0.25) is 0 Å². The summed E-state index contributed by atoms with van der Waals surface area (Å²) >= 11 is 3.34. The number of hydrogen-bond acceptors (Lipinski definition) is 6. The smallest absolute Gasteiger partial charge is 0.408 e. The van der Waals surface area contributed by atoms with Crippen molar-refractivity contribution >= 4 is 37.7 Å². The number of rotatable bonds is 7. The van der Waals surface area contributed by atoms with Crippen LogP contribution in [0.25, 0.3) is 0 Å². The summed E-state index contributed by atoms with van der Waals surface area (Å²) in [5, 5.41) is 14.0. The normalized spacial score (nSPS) is 13.0. The molecule has 9 nitrogen and oxygen atoms in total. The van der Waals surface area contributed by atoms with E-state index in [9.17, 15) is 23.3 Å². The fourth-order valence-electron chi connectivity index (χ4n) is 2.73. The summed E-state index contributed by atoms with van der Waals surface area (Å²) in [5.41, 5.74) is -0.620. The molecule has 2 aromatic rings. The maximum atomic E-state index is 13.1. The van der Waals surface area contributed by atoms with Gasteiger partial charge in [-0.3, -0.25) is 10.1 Å². The molecule has 0 radical (unpaired) electrons. The minimum Gasteiger partial charge on any atom is -0.444 e. The van der Waals surface area contributed by atoms with Crippen molar-refractivity contribution in [2.75, 3.05) is 13.6 Å². The van der Waals surface area contributed by atoms with Crippen molar-refractivity contribution in [1.82, 2.24) is 9.62 Å². The lowest BCUT2D eigenvalue weighted by atomic mass is 10.1. The molecule has 31 heavy (non-hydrogen) atoms. The quantitative estimate of drug-likeness (QED) is 0.436. The van der Waals surface area contributed by atoms with Gasteiger partial charge in [0.15, 0.2) is 4.90 Å². The molecule has 0 heterocycles. The molecule has 0 aliphatic heterocycles. The summed E-state index contributed by atoms with van der Waals surface area (Å²) in [6.07, 6.45) is -0.711. The predicted octanol–water partition coefficient (Wildman–Crippen LogP) is 4.24. The van der Waals surface area contributed by atoms with Crippen molar-refractivity contribution in [1.29, 1.82) is 0 Å². The number of alkyl carbamates (subject to hydrolysis) is 1. The summed E-state index contributed by atoms with van der Waals surface area (Å²) in [7, 11) is -2.91. The van der Waals surface area contributed by atoms with E-state index in [1.165, 1.54) is 25.2 Å². The monoisotopic (exact) mass is 513 g/mol. The predicted molar refractivity (Wildman–Crippen MR) is 119 cm³/mol. The summed E-state index contributed by atoms with van der Waals surface area (Å²) in [5.74, 6) is 0. The number of nitrogens with one attached hydrogen (secondary N) is 1. The Morgan fingerprint density at radius 2 is 1.77 bits per heavy atom. The molecule has 0 aliphatic carbocycles. The third-order valence-corrected chi connectivity index (χ3v) is 6.55. The average Bonchev–Trinajstić information content (AvgIpc) is 2.66. The summed E-state index contributed by atoms with van der Waals surface area (Å²) in [6.45, 7) is 4.97. The molecule has 0 spiro atoms. The first-order valence-electron chi connectivity index (χ1n) is 9.26. The molecule has 1 atom stereocenters. The Morgan fingerprint density at radius 3 is 2.32 bits per heavy atom. The van der Waals surface area contributed by atoms with Crippen LogP contribution in [-0.2, 0) is 14.8 Å². The second kappa shape index (κ2) is 9.75. The van der Waals surface area contributed by atoms with E-state index in [4.69, 9.17) is 4.74 Å². The molecule has 0 saturated heterocycles. The number of nitrogens with zero attached hydrogens (tertiary/aromatic N) is 2.